The Hall–Kier alpha value is -2.20. The number of hydrogen-bond donors (Lipinski definition) is 2. The molecule has 0 saturated heterocycles. The maximum absolute atomic E-state index is 5.51. The average Bonchev–Trinajstić information content (AvgIpc) is 2.85. The van der Waals surface area contributed by atoms with Crippen LogP contribution in [0.2, 0.25) is 0 Å². The van der Waals surface area contributed by atoms with Crippen molar-refractivity contribution in [3.63, 3.8) is 0 Å². The standard InChI is InChI=1S/C15H16N4/c1-10-3-2-4-13-15(10)12(8-19-13)14-9-17-11(5-6-16)7-18-14/h2-4,7-9,19H,5-6,16H2,1H3. The second kappa shape index (κ2) is 4.82. The molecular formula is C15H16N4. The van der Waals surface area contributed by atoms with Gasteiger partial charge >= 0.3 is 0 Å². The Labute approximate surface area is 111 Å². The minimum absolute atomic E-state index is 0.597. The normalized spacial score (nSPS) is 11.1. The molecule has 0 aliphatic carbocycles. The molecule has 3 aromatic rings. The summed E-state index contributed by atoms with van der Waals surface area (Å²) in [5.41, 5.74) is 10.8. The van der Waals surface area contributed by atoms with Gasteiger partial charge in [-0.05, 0) is 25.1 Å². The van der Waals surface area contributed by atoms with Gasteiger partial charge < -0.3 is 10.7 Å². The number of benzene rings is 1. The van der Waals surface area contributed by atoms with Crippen molar-refractivity contribution in [2.24, 2.45) is 5.73 Å². The van der Waals surface area contributed by atoms with Crippen molar-refractivity contribution in [3.05, 3.63) is 48.0 Å². The van der Waals surface area contributed by atoms with Gasteiger partial charge in [-0.15, -0.1) is 0 Å². The van der Waals surface area contributed by atoms with Crippen LogP contribution in [0.5, 0.6) is 0 Å². The number of nitrogens with one attached hydrogen (secondary N) is 1. The molecule has 4 nitrogen and oxygen atoms in total. The van der Waals surface area contributed by atoms with Crippen LogP contribution in [0.1, 0.15) is 11.3 Å². The van der Waals surface area contributed by atoms with Gasteiger partial charge in [0.15, 0.2) is 0 Å². The number of aromatic amines is 1. The number of aromatic nitrogens is 3. The minimum atomic E-state index is 0.597. The summed E-state index contributed by atoms with van der Waals surface area (Å²) >= 11 is 0. The lowest BCUT2D eigenvalue weighted by molar-refractivity contribution is 0.909. The first-order valence-electron chi connectivity index (χ1n) is 6.37. The Balaban J connectivity index is 2.09. The maximum Gasteiger partial charge on any atom is 0.0906 e. The van der Waals surface area contributed by atoms with Gasteiger partial charge in [-0.3, -0.25) is 9.97 Å². The van der Waals surface area contributed by atoms with Gasteiger partial charge in [-0.25, -0.2) is 0 Å². The van der Waals surface area contributed by atoms with E-state index in [-0.39, 0.29) is 0 Å². The van der Waals surface area contributed by atoms with Crippen LogP contribution in [0.3, 0.4) is 0 Å². The highest BCUT2D eigenvalue weighted by Crippen LogP contribution is 2.29. The Kier molecular flexibility index (Phi) is 3.01. The summed E-state index contributed by atoms with van der Waals surface area (Å²) in [5, 5.41) is 1.21. The number of rotatable bonds is 3. The Morgan fingerprint density at radius 3 is 2.84 bits per heavy atom. The molecule has 96 valence electrons. The van der Waals surface area contributed by atoms with E-state index in [9.17, 15) is 0 Å². The molecule has 4 heteroatoms. The molecule has 0 saturated carbocycles. The van der Waals surface area contributed by atoms with E-state index in [2.05, 4.69) is 34.0 Å². The molecule has 0 bridgehead atoms. The second-order valence-electron chi connectivity index (χ2n) is 4.63. The molecule has 0 radical (unpaired) electrons. The summed E-state index contributed by atoms with van der Waals surface area (Å²) < 4.78 is 0. The number of nitrogens with two attached hydrogens (primary N) is 1. The highest BCUT2D eigenvalue weighted by atomic mass is 14.8. The first-order chi connectivity index (χ1) is 9.29. The zero-order chi connectivity index (χ0) is 13.2. The molecule has 0 fully saturated rings. The quantitative estimate of drug-likeness (QED) is 0.752. The lowest BCUT2D eigenvalue weighted by Crippen LogP contribution is -2.04. The van der Waals surface area contributed by atoms with E-state index >= 15 is 0 Å². The fourth-order valence-corrected chi connectivity index (χ4v) is 2.34. The van der Waals surface area contributed by atoms with Gasteiger partial charge in [0, 0.05) is 35.3 Å². The molecule has 0 unspecified atom stereocenters. The monoisotopic (exact) mass is 252 g/mol. The molecule has 1 aromatic carbocycles. The van der Waals surface area contributed by atoms with Crippen molar-refractivity contribution in [2.75, 3.05) is 6.54 Å². The van der Waals surface area contributed by atoms with E-state index in [4.69, 9.17) is 5.73 Å². The van der Waals surface area contributed by atoms with E-state index < -0.39 is 0 Å². The maximum atomic E-state index is 5.51. The van der Waals surface area contributed by atoms with Gasteiger partial charge in [0.1, 0.15) is 0 Å². The summed E-state index contributed by atoms with van der Waals surface area (Å²) in [6.45, 7) is 2.70. The highest BCUT2D eigenvalue weighted by molar-refractivity contribution is 5.96. The van der Waals surface area contributed by atoms with Crippen molar-refractivity contribution in [1.82, 2.24) is 15.0 Å². The Morgan fingerprint density at radius 2 is 2.11 bits per heavy atom. The van der Waals surface area contributed by atoms with Crippen LogP contribution in [-0.2, 0) is 6.42 Å². The van der Waals surface area contributed by atoms with Crippen LogP contribution >= 0.6 is 0 Å². The number of H-pyrrole nitrogens is 1. The summed E-state index contributed by atoms with van der Waals surface area (Å²) in [6, 6.07) is 6.23. The predicted molar refractivity (Wildman–Crippen MR) is 76.8 cm³/mol. The molecule has 0 aliphatic rings. The topological polar surface area (TPSA) is 67.6 Å². The molecule has 0 spiro atoms. The minimum Gasteiger partial charge on any atom is -0.360 e. The summed E-state index contributed by atoms with van der Waals surface area (Å²) in [6.07, 6.45) is 6.38. The Morgan fingerprint density at radius 1 is 1.21 bits per heavy atom. The highest BCUT2D eigenvalue weighted by Gasteiger charge is 2.09. The molecular weight excluding hydrogens is 236 g/mol. The van der Waals surface area contributed by atoms with Crippen molar-refractivity contribution < 1.29 is 0 Å². The molecule has 0 atom stereocenters. The summed E-state index contributed by atoms with van der Waals surface area (Å²) in [5.74, 6) is 0. The number of fused-ring (bicyclic) bond motifs is 1. The van der Waals surface area contributed by atoms with E-state index in [0.29, 0.717) is 6.54 Å². The lowest BCUT2D eigenvalue weighted by Gasteiger charge is -2.02. The predicted octanol–water partition coefficient (Wildman–Crippen LogP) is 2.43. The zero-order valence-corrected chi connectivity index (χ0v) is 10.9. The molecule has 2 heterocycles. The first kappa shape index (κ1) is 11.9. The summed E-state index contributed by atoms with van der Waals surface area (Å²) in [4.78, 5) is 12.2. The number of aryl methyl sites for hydroxylation is 1. The summed E-state index contributed by atoms with van der Waals surface area (Å²) in [7, 11) is 0. The van der Waals surface area contributed by atoms with Gasteiger partial charge in [0.2, 0.25) is 0 Å². The van der Waals surface area contributed by atoms with Gasteiger partial charge in [0.05, 0.1) is 17.6 Å². The van der Waals surface area contributed by atoms with Crippen LogP contribution < -0.4 is 5.73 Å². The lowest BCUT2D eigenvalue weighted by atomic mass is 10.1. The Bertz CT molecular complexity index is 698. The van der Waals surface area contributed by atoms with Crippen molar-refractivity contribution in [1.29, 1.82) is 0 Å². The number of hydrogen-bond acceptors (Lipinski definition) is 3. The van der Waals surface area contributed by atoms with Gasteiger partial charge in [-0.1, -0.05) is 12.1 Å². The van der Waals surface area contributed by atoms with Gasteiger partial charge in [-0.2, -0.15) is 0 Å². The van der Waals surface area contributed by atoms with Crippen LogP contribution in [-0.4, -0.2) is 21.5 Å². The third kappa shape index (κ3) is 2.11. The van der Waals surface area contributed by atoms with E-state index in [1.54, 1.807) is 6.20 Å². The fraction of sp³-hybridized carbons (Fsp3) is 0.200. The third-order valence-electron chi connectivity index (χ3n) is 3.30. The first-order valence-corrected chi connectivity index (χ1v) is 6.37. The fourth-order valence-electron chi connectivity index (χ4n) is 2.34. The molecule has 0 aliphatic heterocycles. The van der Waals surface area contributed by atoms with E-state index in [1.807, 2.05) is 18.5 Å². The molecule has 3 rings (SSSR count). The molecule has 3 N–H and O–H groups in total. The van der Waals surface area contributed by atoms with E-state index in [1.165, 1.54) is 10.9 Å². The molecule has 0 amide bonds. The average molecular weight is 252 g/mol. The van der Waals surface area contributed by atoms with Crippen LogP contribution in [0.15, 0.2) is 36.8 Å². The van der Waals surface area contributed by atoms with Crippen molar-refractivity contribution in [3.8, 4) is 11.3 Å². The van der Waals surface area contributed by atoms with Crippen LogP contribution in [0.25, 0.3) is 22.2 Å². The van der Waals surface area contributed by atoms with Crippen LogP contribution in [0.4, 0.5) is 0 Å². The molecule has 19 heavy (non-hydrogen) atoms. The van der Waals surface area contributed by atoms with Crippen LogP contribution in [0, 0.1) is 6.92 Å². The molecule has 2 aromatic heterocycles. The SMILES string of the molecule is Cc1cccc2[nH]cc(-c3cnc(CCN)cn3)c12. The zero-order valence-electron chi connectivity index (χ0n) is 10.9. The van der Waals surface area contributed by atoms with E-state index in [0.717, 1.165) is 28.9 Å². The largest absolute Gasteiger partial charge is 0.360 e. The second-order valence-corrected chi connectivity index (χ2v) is 4.63. The smallest absolute Gasteiger partial charge is 0.0906 e. The third-order valence-corrected chi connectivity index (χ3v) is 3.30. The van der Waals surface area contributed by atoms with Crippen molar-refractivity contribution >= 4 is 10.9 Å². The van der Waals surface area contributed by atoms with Crippen molar-refractivity contribution in [2.45, 2.75) is 13.3 Å². The number of nitrogens with zero attached hydrogens (tertiary/aromatic N) is 2. The van der Waals surface area contributed by atoms with Gasteiger partial charge in [0.25, 0.3) is 0 Å².